The Balaban J connectivity index is 1.74. The van der Waals surface area contributed by atoms with Crippen LogP contribution in [0.5, 0.6) is 5.75 Å². The zero-order valence-corrected chi connectivity index (χ0v) is 15.2. The van der Waals surface area contributed by atoms with Gasteiger partial charge in [0.2, 0.25) is 5.91 Å². The molecule has 1 amide bonds. The number of benzene rings is 1. The fourth-order valence-corrected chi connectivity index (χ4v) is 3.36. The minimum Gasteiger partial charge on any atom is -0.496 e. The number of amides is 1. The van der Waals surface area contributed by atoms with Crippen LogP contribution in [0.2, 0.25) is 0 Å². The maximum atomic E-state index is 12.0. The van der Waals surface area contributed by atoms with Gasteiger partial charge < -0.3 is 15.0 Å². The van der Waals surface area contributed by atoms with Crippen molar-refractivity contribution in [3.05, 3.63) is 35.4 Å². The summed E-state index contributed by atoms with van der Waals surface area (Å²) in [5.41, 5.74) is 2.08. The summed E-state index contributed by atoms with van der Waals surface area (Å²) in [5.74, 6) is 0.743. The number of nitrogens with one attached hydrogen (secondary N) is 2. The third-order valence-corrected chi connectivity index (χ3v) is 4.86. The molecule has 0 saturated carbocycles. The standard InChI is InChI=1S/C20H30N2O2/c1-16-8-10-19(24-3)18(15-16)9-11-20(23)21-12-6-14-22-13-5-4-7-17(22)2/h8-11,15,17H,4-7,12-14H2,1-3H3,(H,21,23)/p+1/b11-9+/t17-/m1/s1. The number of hydrogen-bond donors (Lipinski definition) is 2. The smallest absolute Gasteiger partial charge is 0.244 e. The van der Waals surface area contributed by atoms with Gasteiger partial charge in [0, 0.05) is 24.6 Å². The maximum Gasteiger partial charge on any atom is 0.244 e. The SMILES string of the molecule is COc1ccc(C)cc1/C=C/C(=O)NCCC[NH+]1CCCC[C@H]1C. The summed E-state index contributed by atoms with van der Waals surface area (Å²) < 4.78 is 5.32. The molecule has 1 heterocycles. The molecule has 0 aliphatic carbocycles. The summed E-state index contributed by atoms with van der Waals surface area (Å²) in [7, 11) is 1.64. The number of quaternary nitrogens is 1. The molecule has 1 fully saturated rings. The predicted octanol–water partition coefficient (Wildman–Crippen LogP) is 1.98. The average Bonchev–Trinajstić information content (AvgIpc) is 2.58. The van der Waals surface area contributed by atoms with Gasteiger partial charge in [-0.1, -0.05) is 11.6 Å². The highest BCUT2D eigenvalue weighted by molar-refractivity contribution is 5.92. The molecule has 0 bridgehead atoms. The Morgan fingerprint density at radius 3 is 3.00 bits per heavy atom. The van der Waals surface area contributed by atoms with Gasteiger partial charge in [0.15, 0.2) is 0 Å². The lowest BCUT2D eigenvalue weighted by Gasteiger charge is -2.30. The number of piperidine rings is 1. The monoisotopic (exact) mass is 331 g/mol. The van der Waals surface area contributed by atoms with Crippen LogP contribution in [0.4, 0.5) is 0 Å². The lowest BCUT2D eigenvalue weighted by atomic mass is 10.0. The Bertz CT molecular complexity index is 569. The summed E-state index contributed by atoms with van der Waals surface area (Å²) in [6.45, 7) is 7.54. The fourth-order valence-electron chi connectivity index (χ4n) is 3.36. The first-order valence-corrected chi connectivity index (χ1v) is 9.05. The first-order valence-electron chi connectivity index (χ1n) is 9.05. The van der Waals surface area contributed by atoms with E-state index < -0.39 is 0 Å². The van der Waals surface area contributed by atoms with Crippen LogP contribution in [0.15, 0.2) is 24.3 Å². The van der Waals surface area contributed by atoms with Crippen molar-refractivity contribution >= 4 is 12.0 Å². The quantitative estimate of drug-likeness (QED) is 0.593. The normalized spacial score (nSPS) is 21.0. The zero-order valence-electron chi connectivity index (χ0n) is 15.2. The highest BCUT2D eigenvalue weighted by atomic mass is 16.5. The van der Waals surface area contributed by atoms with Crippen LogP contribution in [0.25, 0.3) is 6.08 Å². The van der Waals surface area contributed by atoms with E-state index in [2.05, 4.69) is 12.2 Å². The summed E-state index contributed by atoms with van der Waals surface area (Å²) >= 11 is 0. The van der Waals surface area contributed by atoms with Crippen molar-refractivity contribution in [1.29, 1.82) is 0 Å². The lowest BCUT2D eigenvalue weighted by molar-refractivity contribution is -0.928. The molecule has 0 radical (unpaired) electrons. The molecule has 4 nitrogen and oxygen atoms in total. The van der Waals surface area contributed by atoms with E-state index in [4.69, 9.17) is 4.74 Å². The Kier molecular flexibility index (Phi) is 7.32. The van der Waals surface area contributed by atoms with Gasteiger partial charge in [-0.2, -0.15) is 0 Å². The van der Waals surface area contributed by atoms with Crippen LogP contribution >= 0.6 is 0 Å². The molecule has 4 heteroatoms. The van der Waals surface area contributed by atoms with E-state index in [9.17, 15) is 4.79 Å². The van der Waals surface area contributed by atoms with Gasteiger partial charge in [-0.25, -0.2) is 0 Å². The molecule has 1 aliphatic rings. The molecule has 132 valence electrons. The van der Waals surface area contributed by atoms with Crippen molar-refractivity contribution < 1.29 is 14.4 Å². The predicted molar refractivity (Wildman–Crippen MR) is 98.4 cm³/mol. The number of hydrogen-bond acceptors (Lipinski definition) is 2. The van der Waals surface area contributed by atoms with E-state index in [-0.39, 0.29) is 5.91 Å². The van der Waals surface area contributed by atoms with Gasteiger partial charge in [-0.3, -0.25) is 4.79 Å². The Hall–Kier alpha value is -1.81. The molecule has 1 aromatic carbocycles. The molecule has 1 aliphatic heterocycles. The van der Waals surface area contributed by atoms with Crippen LogP contribution < -0.4 is 15.0 Å². The van der Waals surface area contributed by atoms with Crippen LogP contribution in [0, 0.1) is 6.92 Å². The molecule has 2 N–H and O–H groups in total. The molecule has 0 aromatic heterocycles. The average molecular weight is 331 g/mol. The van der Waals surface area contributed by atoms with Crippen LogP contribution in [0.3, 0.4) is 0 Å². The largest absolute Gasteiger partial charge is 0.496 e. The van der Waals surface area contributed by atoms with Crippen LogP contribution in [-0.2, 0) is 4.79 Å². The van der Waals surface area contributed by atoms with Crippen molar-refractivity contribution in [2.75, 3.05) is 26.7 Å². The minimum absolute atomic E-state index is 0.0414. The Morgan fingerprint density at radius 1 is 1.42 bits per heavy atom. The second kappa shape index (κ2) is 9.48. The van der Waals surface area contributed by atoms with E-state index >= 15 is 0 Å². The van der Waals surface area contributed by atoms with Gasteiger partial charge in [0.25, 0.3) is 0 Å². The van der Waals surface area contributed by atoms with Crippen molar-refractivity contribution in [2.24, 2.45) is 0 Å². The van der Waals surface area contributed by atoms with Crippen LogP contribution in [-0.4, -0.2) is 38.7 Å². The number of carbonyl (C=O) groups excluding carboxylic acids is 1. The first kappa shape index (κ1) is 18.5. The highest BCUT2D eigenvalue weighted by Gasteiger charge is 2.20. The Morgan fingerprint density at radius 2 is 2.25 bits per heavy atom. The van der Waals surface area contributed by atoms with Crippen molar-refractivity contribution in [2.45, 2.75) is 45.6 Å². The van der Waals surface area contributed by atoms with Gasteiger partial charge in [-0.15, -0.1) is 0 Å². The van der Waals surface area contributed by atoms with E-state index in [0.29, 0.717) is 0 Å². The van der Waals surface area contributed by atoms with E-state index in [1.807, 2.05) is 31.2 Å². The molecule has 1 aromatic rings. The second-order valence-corrected chi connectivity index (χ2v) is 6.78. The number of ether oxygens (including phenoxy) is 1. The van der Waals surface area contributed by atoms with Crippen molar-refractivity contribution in [3.8, 4) is 5.75 Å². The first-order chi connectivity index (χ1) is 11.6. The third kappa shape index (κ3) is 5.68. The third-order valence-electron chi connectivity index (χ3n) is 4.86. The number of methoxy groups -OCH3 is 1. The number of likely N-dealkylation sites (tertiary alicyclic amines) is 1. The summed E-state index contributed by atoms with van der Waals surface area (Å²) in [6, 6.07) is 6.71. The van der Waals surface area contributed by atoms with Gasteiger partial charge in [0.05, 0.1) is 26.2 Å². The minimum atomic E-state index is -0.0414. The molecular formula is C20H31N2O2+. The Labute approximate surface area is 145 Å². The zero-order chi connectivity index (χ0) is 17.4. The summed E-state index contributed by atoms with van der Waals surface area (Å²) in [6.07, 6.45) is 8.49. The molecule has 2 rings (SSSR count). The van der Waals surface area contributed by atoms with Crippen molar-refractivity contribution in [3.63, 3.8) is 0 Å². The summed E-state index contributed by atoms with van der Waals surface area (Å²) in [4.78, 5) is 13.7. The summed E-state index contributed by atoms with van der Waals surface area (Å²) in [5, 5.41) is 2.98. The van der Waals surface area contributed by atoms with E-state index in [1.54, 1.807) is 18.1 Å². The van der Waals surface area contributed by atoms with Crippen LogP contribution in [0.1, 0.15) is 43.7 Å². The highest BCUT2D eigenvalue weighted by Crippen LogP contribution is 2.20. The number of aryl methyl sites for hydroxylation is 1. The molecular weight excluding hydrogens is 300 g/mol. The van der Waals surface area contributed by atoms with E-state index in [1.165, 1.54) is 25.8 Å². The topological polar surface area (TPSA) is 42.8 Å². The molecule has 1 saturated heterocycles. The fraction of sp³-hybridized carbons (Fsp3) is 0.550. The molecule has 24 heavy (non-hydrogen) atoms. The maximum absolute atomic E-state index is 12.0. The molecule has 2 atom stereocenters. The molecule has 1 unspecified atom stereocenters. The number of rotatable bonds is 7. The van der Waals surface area contributed by atoms with Gasteiger partial charge in [0.1, 0.15) is 5.75 Å². The van der Waals surface area contributed by atoms with Gasteiger partial charge in [-0.05, 0) is 51.3 Å². The lowest BCUT2D eigenvalue weighted by Crippen LogP contribution is -3.16. The van der Waals surface area contributed by atoms with Crippen molar-refractivity contribution in [1.82, 2.24) is 5.32 Å². The molecule has 0 spiro atoms. The van der Waals surface area contributed by atoms with E-state index in [0.717, 1.165) is 42.4 Å². The van der Waals surface area contributed by atoms with Gasteiger partial charge >= 0.3 is 0 Å². The second-order valence-electron chi connectivity index (χ2n) is 6.78. The number of carbonyl (C=O) groups is 1.